The maximum absolute atomic E-state index is 13.7. The molecular weight excluding hydrogens is 470 g/mol. The summed E-state index contributed by atoms with van der Waals surface area (Å²) in [6.07, 6.45) is 1.86. The molecule has 1 atom stereocenters. The third-order valence-corrected chi connectivity index (χ3v) is 7.60. The number of pyridine rings is 1. The molecule has 0 bridgehead atoms. The van der Waals surface area contributed by atoms with E-state index >= 15 is 0 Å². The smallest absolute Gasteiger partial charge is 0.260 e. The molecule has 0 radical (unpaired) electrons. The number of aromatic nitrogens is 1. The van der Waals surface area contributed by atoms with Gasteiger partial charge in [0.2, 0.25) is 0 Å². The van der Waals surface area contributed by atoms with Gasteiger partial charge in [0.25, 0.3) is 10.0 Å². The average molecular weight is 492 g/mol. The lowest BCUT2D eigenvalue weighted by Gasteiger charge is -2.25. The summed E-state index contributed by atoms with van der Waals surface area (Å²) in [6.45, 7) is 2.46. The van der Waals surface area contributed by atoms with Gasteiger partial charge in [0.15, 0.2) is 0 Å². The van der Waals surface area contributed by atoms with Gasteiger partial charge < -0.3 is 10.2 Å². The number of sulfonamides is 1. The van der Waals surface area contributed by atoms with Crippen LogP contribution in [-0.2, 0) is 10.0 Å². The number of benzene rings is 3. The summed E-state index contributed by atoms with van der Waals surface area (Å²) in [5.41, 5.74) is 5.90. The fourth-order valence-electron chi connectivity index (χ4n) is 3.97. The van der Waals surface area contributed by atoms with E-state index in [0.29, 0.717) is 29.1 Å². The topological polar surface area (TPSA) is 71.5 Å². The number of rotatable bonds is 6. The molecule has 5 rings (SSSR count). The Hall–Kier alpha value is -3.39. The van der Waals surface area contributed by atoms with Gasteiger partial charge in [0.1, 0.15) is 10.9 Å². The van der Waals surface area contributed by atoms with E-state index in [1.165, 1.54) is 4.41 Å². The first-order chi connectivity index (χ1) is 16.5. The molecule has 172 valence electrons. The van der Waals surface area contributed by atoms with Crippen molar-refractivity contribution < 1.29 is 13.2 Å². The predicted octanol–water partition coefficient (Wildman–Crippen LogP) is 5.58. The van der Waals surface area contributed by atoms with Gasteiger partial charge >= 0.3 is 0 Å². The summed E-state index contributed by atoms with van der Waals surface area (Å²) in [5, 5.41) is 1.05. The lowest BCUT2D eigenvalue weighted by molar-refractivity contribution is 0.340. The van der Waals surface area contributed by atoms with Crippen LogP contribution in [0.25, 0.3) is 16.6 Å². The third kappa shape index (κ3) is 4.14. The van der Waals surface area contributed by atoms with Crippen LogP contribution in [0, 0.1) is 0 Å². The average Bonchev–Trinajstić information content (AvgIpc) is 3.31. The standard InChI is InChI=1S/C26H22ClN3O3S/c1-2-33-20-13-14-23-19(15-20)16-22(26(27)28-23)25-17-24(18-9-5-3-6-10-18)29-30(25)34(31,32)21-11-7-4-8-12-21/h3-17,25,29H,2H2,1H3/t25-/m1/s1. The molecule has 1 aliphatic heterocycles. The first kappa shape index (κ1) is 22.4. The van der Waals surface area contributed by atoms with Crippen molar-refractivity contribution in [2.45, 2.75) is 17.9 Å². The van der Waals surface area contributed by atoms with Crippen molar-refractivity contribution in [3.8, 4) is 5.75 Å². The molecule has 0 saturated carbocycles. The highest BCUT2D eigenvalue weighted by Crippen LogP contribution is 2.39. The van der Waals surface area contributed by atoms with Gasteiger partial charge in [0.05, 0.1) is 28.8 Å². The van der Waals surface area contributed by atoms with E-state index in [4.69, 9.17) is 16.3 Å². The molecule has 2 heterocycles. The SMILES string of the molecule is CCOc1ccc2nc(Cl)c([C@H]3C=C(c4ccccc4)NN3S(=O)(=O)c3ccccc3)cc2c1. The van der Waals surface area contributed by atoms with Gasteiger partial charge in [-0.15, -0.1) is 4.41 Å². The zero-order valence-electron chi connectivity index (χ0n) is 18.4. The number of nitrogens with one attached hydrogen (secondary N) is 1. The predicted molar refractivity (Wildman–Crippen MR) is 134 cm³/mol. The van der Waals surface area contributed by atoms with Crippen LogP contribution in [0.3, 0.4) is 0 Å². The molecule has 0 saturated heterocycles. The number of hydrazine groups is 1. The minimum absolute atomic E-state index is 0.179. The molecule has 1 N–H and O–H groups in total. The molecule has 6 nitrogen and oxygen atoms in total. The number of ether oxygens (including phenoxy) is 1. The number of halogens is 1. The van der Waals surface area contributed by atoms with Gasteiger partial charge in [-0.1, -0.05) is 60.1 Å². The normalized spacial score (nSPS) is 16.3. The number of hydrogen-bond acceptors (Lipinski definition) is 5. The monoisotopic (exact) mass is 491 g/mol. The Morgan fingerprint density at radius 2 is 1.71 bits per heavy atom. The Bertz CT molecular complexity index is 1480. The summed E-state index contributed by atoms with van der Waals surface area (Å²) in [4.78, 5) is 4.72. The zero-order valence-corrected chi connectivity index (χ0v) is 19.9. The molecule has 0 fully saturated rings. The Kier molecular flexibility index (Phi) is 6.00. The highest BCUT2D eigenvalue weighted by Gasteiger charge is 2.38. The van der Waals surface area contributed by atoms with E-state index in [9.17, 15) is 8.42 Å². The fourth-order valence-corrected chi connectivity index (χ4v) is 5.65. The Labute approximate surface area is 203 Å². The maximum Gasteiger partial charge on any atom is 0.260 e. The second-order valence-electron chi connectivity index (χ2n) is 7.77. The molecule has 34 heavy (non-hydrogen) atoms. The summed E-state index contributed by atoms with van der Waals surface area (Å²) in [7, 11) is -3.90. The number of hydrogen-bond donors (Lipinski definition) is 1. The van der Waals surface area contributed by atoms with Crippen LogP contribution in [0.1, 0.15) is 24.1 Å². The van der Waals surface area contributed by atoms with E-state index in [1.807, 2.05) is 67.6 Å². The van der Waals surface area contributed by atoms with Gasteiger partial charge in [-0.3, -0.25) is 0 Å². The molecule has 4 aromatic rings. The van der Waals surface area contributed by atoms with Gasteiger partial charge in [-0.2, -0.15) is 0 Å². The molecule has 8 heteroatoms. The molecule has 1 aliphatic rings. The Morgan fingerprint density at radius 1 is 1.00 bits per heavy atom. The van der Waals surface area contributed by atoms with Crippen LogP contribution in [0.15, 0.2) is 95.9 Å². The highest BCUT2D eigenvalue weighted by atomic mass is 35.5. The second-order valence-corrected chi connectivity index (χ2v) is 9.95. The summed E-state index contributed by atoms with van der Waals surface area (Å²) >= 11 is 6.62. The zero-order chi connectivity index (χ0) is 23.7. The molecule has 0 amide bonds. The van der Waals surface area contributed by atoms with Crippen LogP contribution in [-0.4, -0.2) is 24.4 Å². The molecule has 3 aromatic carbocycles. The minimum atomic E-state index is -3.90. The largest absolute Gasteiger partial charge is 0.494 e. The van der Waals surface area contributed by atoms with Crippen LogP contribution >= 0.6 is 11.6 Å². The van der Waals surface area contributed by atoms with Gasteiger partial charge in [-0.25, -0.2) is 13.4 Å². The minimum Gasteiger partial charge on any atom is -0.494 e. The van der Waals surface area contributed by atoms with Crippen molar-refractivity contribution in [3.05, 3.63) is 107 Å². The molecule has 0 unspecified atom stereocenters. The molecule has 1 aromatic heterocycles. The van der Waals surface area contributed by atoms with E-state index in [0.717, 1.165) is 10.9 Å². The fraction of sp³-hybridized carbons (Fsp3) is 0.115. The third-order valence-electron chi connectivity index (χ3n) is 5.59. The van der Waals surface area contributed by atoms with Gasteiger partial charge in [-0.05, 0) is 55.0 Å². The first-order valence-electron chi connectivity index (χ1n) is 10.8. The number of fused-ring (bicyclic) bond motifs is 1. The van der Waals surface area contributed by atoms with Crippen molar-refractivity contribution in [1.29, 1.82) is 0 Å². The van der Waals surface area contributed by atoms with E-state index in [2.05, 4.69) is 10.4 Å². The lowest BCUT2D eigenvalue weighted by Crippen LogP contribution is -2.39. The molecule has 0 aliphatic carbocycles. The Balaban J connectivity index is 1.65. The van der Waals surface area contributed by atoms with Crippen molar-refractivity contribution in [2.75, 3.05) is 6.61 Å². The summed E-state index contributed by atoms with van der Waals surface area (Å²) in [6, 6.07) is 24.6. The van der Waals surface area contributed by atoms with E-state index < -0.39 is 16.1 Å². The molecule has 0 spiro atoms. The van der Waals surface area contributed by atoms with Crippen molar-refractivity contribution >= 4 is 38.2 Å². The maximum atomic E-state index is 13.7. The summed E-state index contributed by atoms with van der Waals surface area (Å²) < 4.78 is 34.2. The van der Waals surface area contributed by atoms with Crippen LogP contribution in [0.2, 0.25) is 5.15 Å². The first-order valence-corrected chi connectivity index (χ1v) is 12.7. The van der Waals surface area contributed by atoms with Crippen molar-refractivity contribution in [2.24, 2.45) is 0 Å². The lowest BCUT2D eigenvalue weighted by atomic mass is 10.0. The number of nitrogens with zero attached hydrogens (tertiary/aromatic N) is 2. The van der Waals surface area contributed by atoms with E-state index in [-0.39, 0.29) is 10.0 Å². The van der Waals surface area contributed by atoms with Crippen molar-refractivity contribution in [1.82, 2.24) is 14.8 Å². The quantitative estimate of drug-likeness (QED) is 0.356. The van der Waals surface area contributed by atoms with Crippen LogP contribution < -0.4 is 10.2 Å². The van der Waals surface area contributed by atoms with Crippen LogP contribution in [0.5, 0.6) is 5.75 Å². The van der Waals surface area contributed by atoms with Crippen LogP contribution in [0.4, 0.5) is 0 Å². The second kappa shape index (κ2) is 9.10. The van der Waals surface area contributed by atoms with E-state index in [1.54, 1.807) is 30.3 Å². The highest BCUT2D eigenvalue weighted by molar-refractivity contribution is 7.89. The molecular formula is C26H22ClN3O3S. The van der Waals surface area contributed by atoms with Crippen molar-refractivity contribution in [3.63, 3.8) is 0 Å². The Morgan fingerprint density at radius 3 is 2.41 bits per heavy atom. The van der Waals surface area contributed by atoms with Gasteiger partial charge in [0, 0.05) is 10.9 Å². The summed E-state index contributed by atoms with van der Waals surface area (Å²) in [5.74, 6) is 0.712.